The molecule has 3 aromatic carbocycles. The predicted octanol–water partition coefficient (Wildman–Crippen LogP) is 6.27. The van der Waals surface area contributed by atoms with Crippen LogP contribution in [-0.2, 0) is 31.9 Å². The van der Waals surface area contributed by atoms with Crippen molar-refractivity contribution in [3.8, 4) is 22.5 Å². The van der Waals surface area contributed by atoms with Crippen LogP contribution in [0, 0.1) is 6.92 Å². The summed E-state index contributed by atoms with van der Waals surface area (Å²) in [6, 6.07) is 25.3. The summed E-state index contributed by atoms with van der Waals surface area (Å²) in [7, 11) is 0. The molecule has 0 saturated heterocycles. The van der Waals surface area contributed by atoms with Gasteiger partial charge in [0.2, 0.25) is 0 Å². The highest BCUT2D eigenvalue weighted by atomic mass is 16.5. The Balaban J connectivity index is 1.45. The van der Waals surface area contributed by atoms with Gasteiger partial charge in [-0.15, -0.1) is 0 Å². The van der Waals surface area contributed by atoms with E-state index in [1.165, 1.54) is 0 Å². The molecule has 6 nitrogen and oxygen atoms in total. The van der Waals surface area contributed by atoms with Crippen LogP contribution in [0.15, 0.2) is 83.4 Å². The molecule has 0 fully saturated rings. The van der Waals surface area contributed by atoms with E-state index in [2.05, 4.69) is 5.16 Å². The molecule has 4 rings (SSSR count). The highest BCUT2D eigenvalue weighted by molar-refractivity contribution is 5.78. The summed E-state index contributed by atoms with van der Waals surface area (Å²) in [5.41, 5.74) is 6.11. The van der Waals surface area contributed by atoms with Crippen LogP contribution in [0.1, 0.15) is 42.3 Å². The number of aryl methyl sites for hydroxylation is 1. The van der Waals surface area contributed by atoms with E-state index < -0.39 is 0 Å². The fraction of sp³-hybridized carbons (Fsp3) is 0.233. The first-order valence-corrected chi connectivity index (χ1v) is 12.0. The van der Waals surface area contributed by atoms with E-state index in [4.69, 9.17) is 14.0 Å². The van der Waals surface area contributed by atoms with Crippen molar-refractivity contribution in [2.24, 2.45) is 0 Å². The van der Waals surface area contributed by atoms with Crippen LogP contribution in [0.4, 0.5) is 0 Å². The smallest absolute Gasteiger partial charge is 0.311 e. The Morgan fingerprint density at radius 3 is 2.08 bits per heavy atom. The van der Waals surface area contributed by atoms with Crippen molar-refractivity contribution in [3.05, 3.63) is 101 Å². The zero-order valence-electron chi connectivity index (χ0n) is 20.7. The van der Waals surface area contributed by atoms with Gasteiger partial charge in [0.05, 0.1) is 25.1 Å². The number of carbonyl (C=O) groups excluding carboxylic acids is 2. The lowest BCUT2D eigenvalue weighted by Gasteiger charge is -2.13. The van der Waals surface area contributed by atoms with Crippen LogP contribution in [-0.4, -0.2) is 23.7 Å². The van der Waals surface area contributed by atoms with Gasteiger partial charge in [0.25, 0.3) is 0 Å². The second-order valence-corrected chi connectivity index (χ2v) is 8.55. The summed E-state index contributed by atoms with van der Waals surface area (Å²) in [6.45, 7) is 5.86. The number of ether oxygens (including phenoxy) is 2. The van der Waals surface area contributed by atoms with Crippen molar-refractivity contribution in [2.45, 2.75) is 39.7 Å². The molecular weight excluding hydrogens is 454 g/mol. The molecule has 0 saturated carbocycles. The Hall–Kier alpha value is -4.19. The first-order chi connectivity index (χ1) is 17.4. The van der Waals surface area contributed by atoms with Gasteiger partial charge in [-0.25, -0.2) is 0 Å². The predicted molar refractivity (Wildman–Crippen MR) is 137 cm³/mol. The lowest BCUT2D eigenvalue weighted by Crippen LogP contribution is -2.12. The highest BCUT2D eigenvalue weighted by Crippen LogP contribution is 2.30. The normalized spacial score (nSPS) is 11.6. The Bertz CT molecular complexity index is 1310. The van der Waals surface area contributed by atoms with Crippen molar-refractivity contribution < 1.29 is 23.6 Å². The van der Waals surface area contributed by atoms with E-state index >= 15 is 0 Å². The molecule has 0 radical (unpaired) electrons. The van der Waals surface area contributed by atoms with E-state index in [1.807, 2.05) is 92.7 Å². The zero-order valence-corrected chi connectivity index (χ0v) is 20.7. The summed E-state index contributed by atoms with van der Waals surface area (Å²) in [5, 5.41) is 4.09. The number of nitrogens with zero attached hydrogens (tertiary/aromatic N) is 1. The van der Waals surface area contributed by atoms with Crippen LogP contribution in [0.3, 0.4) is 0 Å². The average Bonchev–Trinajstić information content (AvgIpc) is 3.25. The standard InChI is InChI=1S/C30H29NO5/c1-4-34-28(32)18-22-10-12-24(13-11-22)25-14-16-26(17-15-25)30-27(20(2)31-36-30)19-29(33)35-21(3)23-8-6-5-7-9-23/h5-17,21H,4,18-19H2,1-3H3/t21-/m1/s1. The number of hydrogen-bond acceptors (Lipinski definition) is 6. The van der Waals surface area contributed by atoms with Crippen LogP contribution in [0.25, 0.3) is 22.5 Å². The Kier molecular flexibility index (Phi) is 7.95. The molecular formula is C30H29NO5. The van der Waals surface area contributed by atoms with Gasteiger partial charge in [0.15, 0.2) is 5.76 Å². The first-order valence-electron chi connectivity index (χ1n) is 12.0. The molecule has 1 aromatic heterocycles. The molecule has 0 N–H and O–H groups in total. The van der Waals surface area contributed by atoms with Crippen LogP contribution in [0.2, 0.25) is 0 Å². The molecule has 0 unspecified atom stereocenters. The molecule has 0 amide bonds. The lowest BCUT2D eigenvalue weighted by molar-refractivity contribution is -0.147. The van der Waals surface area contributed by atoms with Crippen molar-refractivity contribution >= 4 is 11.9 Å². The lowest BCUT2D eigenvalue weighted by atomic mass is 9.99. The van der Waals surface area contributed by atoms with Gasteiger partial charge in [0, 0.05) is 11.1 Å². The van der Waals surface area contributed by atoms with Crippen molar-refractivity contribution in [2.75, 3.05) is 6.61 Å². The van der Waals surface area contributed by atoms with Crippen molar-refractivity contribution in [1.29, 1.82) is 0 Å². The number of esters is 2. The number of benzene rings is 3. The number of carbonyl (C=O) groups is 2. The van der Waals surface area contributed by atoms with Gasteiger partial charge >= 0.3 is 11.9 Å². The van der Waals surface area contributed by atoms with E-state index in [0.717, 1.165) is 33.4 Å². The Morgan fingerprint density at radius 1 is 0.833 bits per heavy atom. The molecule has 0 bridgehead atoms. The second-order valence-electron chi connectivity index (χ2n) is 8.55. The fourth-order valence-corrected chi connectivity index (χ4v) is 4.01. The van der Waals surface area contributed by atoms with Crippen LogP contribution in [0.5, 0.6) is 0 Å². The summed E-state index contributed by atoms with van der Waals surface area (Å²) in [4.78, 5) is 24.4. The maximum Gasteiger partial charge on any atom is 0.311 e. The maximum atomic E-state index is 12.7. The van der Waals surface area contributed by atoms with E-state index in [-0.39, 0.29) is 30.9 Å². The highest BCUT2D eigenvalue weighted by Gasteiger charge is 2.20. The third-order valence-corrected chi connectivity index (χ3v) is 5.97. The van der Waals surface area contributed by atoms with Gasteiger partial charge in [-0.3, -0.25) is 9.59 Å². The molecule has 1 heterocycles. The minimum Gasteiger partial charge on any atom is -0.466 e. The number of aromatic nitrogens is 1. The first kappa shape index (κ1) is 24.9. The second kappa shape index (κ2) is 11.5. The monoisotopic (exact) mass is 483 g/mol. The third-order valence-electron chi connectivity index (χ3n) is 5.97. The van der Waals surface area contributed by atoms with Crippen LogP contribution < -0.4 is 0 Å². The van der Waals surface area contributed by atoms with E-state index in [9.17, 15) is 9.59 Å². The molecule has 1 atom stereocenters. The fourth-order valence-electron chi connectivity index (χ4n) is 4.01. The van der Waals surface area contributed by atoms with Gasteiger partial charge in [-0.1, -0.05) is 84.0 Å². The maximum absolute atomic E-state index is 12.7. The molecule has 4 aromatic rings. The van der Waals surface area contributed by atoms with Gasteiger partial charge in [0.1, 0.15) is 6.10 Å². The molecule has 0 aliphatic heterocycles. The Morgan fingerprint density at radius 2 is 1.44 bits per heavy atom. The summed E-state index contributed by atoms with van der Waals surface area (Å²) in [6.07, 6.45) is -0.0102. The van der Waals surface area contributed by atoms with Crippen LogP contribution >= 0.6 is 0 Å². The number of rotatable bonds is 9. The zero-order chi connectivity index (χ0) is 25.5. The molecule has 36 heavy (non-hydrogen) atoms. The van der Waals surface area contributed by atoms with Crippen molar-refractivity contribution in [1.82, 2.24) is 5.16 Å². The average molecular weight is 484 g/mol. The van der Waals surface area contributed by atoms with Gasteiger partial charge in [-0.05, 0) is 43.0 Å². The SMILES string of the molecule is CCOC(=O)Cc1ccc(-c2ccc(-c3onc(C)c3CC(=O)O[C@H](C)c3ccccc3)cc2)cc1. The topological polar surface area (TPSA) is 78.6 Å². The largest absolute Gasteiger partial charge is 0.466 e. The van der Waals surface area contributed by atoms with Gasteiger partial charge in [-0.2, -0.15) is 0 Å². The summed E-state index contributed by atoms with van der Waals surface area (Å²) in [5.74, 6) is -0.00209. The minimum atomic E-state index is -0.342. The van der Waals surface area contributed by atoms with E-state index in [0.29, 0.717) is 18.1 Å². The molecule has 0 aliphatic carbocycles. The van der Waals surface area contributed by atoms with E-state index in [1.54, 1.807) is 6.92 Å². The number of hydrogen-bond donors (Lipinski definition) is 0. The van der Waals surface area contributed by atoms with Gasteiger partial charge < -0.3 is 14.0 Å². The summed E-state index contributed by atoms with van der Waals surface area (Å²) < 4.78 is 16.2. The quantitative estimate of drug-likeness (QED) is 0.261. The third kappa shape index (κ3) is 6.08. The molecule has 6 heteroatoms. The Labute approximate surface area is 210 Å². The summed E-state index contributed by atoms with van der Waals surface area (Å²) >= 11 is 0. The molecule has 0 aliphatic rings. The minimum absolute atomic E-state index is 0.0749. The molecule has 184 valence electrons. The molecule has 0 spiro atoms. The van der Waals surface area contributed by atoms with Crippen molar-refractivity contribution in [3.63, 3.8) is 0 Å².